The number of amidine groups is 1. The average Bonchev–Trinajstić information content (AvgIpc) is 3.14. The van der Waals surface area contributed by atoms with Gasteiger partial charge in [-0.25, -0.2) is 9.38 Å². The molecule has 4 rings (SSSR count). The predicted molar refractivity (Wildman–Crippen MR) is 86.6 cm³/mol. The molecule has 2 aromatic carbocycles. The molecule has 5 nitrogen and oxygen atoms in total. The zero-order valence-electron chi connectivity index (χ0n) is 12.2. The average molecular weight is 345 g/mol. The Morgan fingerprint density at radius 3 is 2.79 bits per heavy atom. The maximum atomic E-state index is 13.3. The van der Waals surface area contributed by atoms with E-state index in [1.54, 1.807) is 30.3 Å². The van der Waals surface area contributed by atoms with Gasteiger partial charge in [-0.15, -0.1) is 0 Å². The monoisotopic (exact) mass is 344 g/mol. The molecule has 0 unspecified atom stereocenters. The molecule has 2 aliphatic rings. The van der Waals surface area contributed by atoms with Crippen molar-refractivity contribution in [2.24, 2.45) is 4.99 Å². The van der Waals surface area contributed by atoms with Crippen LogP contribution in [0.3, 0.4) is 0 Å². The fraction of sp³-hybridized carbons (Fsp3) is 0.0588. The van der Waals surface area contributed by atoms with Crippen LogP contribution in [0, 0.1) is 5.82 Å². The van der Waals surface area contributed by atoms with Crippen LogP contribution in [0.25, 0.3) is 6.08 Å². The standard InChI is InChI=1S/C17H10ClFN2O3/c18-12-7-15-14(23-8-24-15)6-10(12)5-13-17(22)21-16(20-13)9-2-1-3-11(19)4-9/h1-7H,8H2,(H,20,21,22). The highest BCUT2D eigenvalue weighted by atomic mass is 35.5. The van der Waals surface area contributed by atoms with E-state index >= 15 is 0 Å². The molecule has 2 aromatic rings. The molecule has 0 aromatic heterocycles. The van der Waals surface area contributed by atoms with E-state index in [9.17, 15) is 9.18 Å². The molecular formula is C17H10ClFN2O3. The minimum absolute atomic E-state index is 0.133. The molecule has 2 heterocycles. The first-order valence-electron chi connectivity index (χ1n) is 7.07. The summed E-state index contributed by atoms with van der Waals surface area (Å²) in [6.45, 7) is 0.133. The highest BCUT2D eigenvalue weighted by Crippen LogP contribution is 2.37. The number of carbonyl (C=O) groups is 1. The first-order valence-corrected chi connectivity index (χ1v) is 7.45. The third-order valence-corrected chi connectivity index (χ3v) is 3.91. The van der Waals surface area contributed by atoms with Crippen molar-refractivity contribution in [2.75, 3.05) is 6.79 Å². The Bertz CT molecular complexity index is 924. The molecule has 120 valence electrons. The molecule has 0 fully saturated rings. The smallest absolute Gasteiger partial charge is 0.275 e. The van der Waals surface area contributed by atoms with Crippen molar-refractivity contribution in [1.82, 2.24) is 5.32 Å². The molecule has 0 saturated heterocycles. The summed E-state index contributed by atoms with van der Waals surface area (Å²) in [5, 5.41) is 3.03. The van der Waals surface area contributed by atoms with Gasteiger partial charge in [0.25, 0.3) is 5.91 Å². The normalized spacial score (nSPS) is 17.2. The van der Waals surface area contributed by atoms with Crippen LogP contribution in [0.15, 0.2) is 47.1 Å². The molecule has 0 aliphatic carbocycles. The van der Waals surface area contributed by atoms with Crippen LogP contribution in [-0.2, 0) is 4.79 Å². The number of nitrogens with one attached hydrogen (secondary N) is 1. The van der Waals surface area contributed by atoms with Gasteiger partial charge in [-0.3, -0.25) is 4.79 Å². The number of aliphatic imine (C=N–C) groups is 1. The van der Waals surface area contributed by atoms with E-state index in [1.165, 1.54) is 12.1 Å². The van der Waals surface area contributed by atoms with Gasteiger partial charge < -0.3 is 14.8 Å². The lowest BCUT2D eigenvalue weighted by Crippen LogP contribution is -2.24. The van der Waals surface area contributed by atoms with Crippen LogP contribution in [0.1, 0.15) is 11.1 Å². The molecule has 2 aliphatic heterocycles. The molecule has 0 spiro atoms. The highest BCUT2D eigenvalue weighted by molar-refractivity contribution is 6.32. The minimum atomic E-state index is -0.402. The van der Waals surface area contributed by atoms with Crippen molar-refractivity contribution in [3.63, 3.8) is 0 Å². The molecule has 1 amide bonds. The third-order valence-electron chi connectivity index (χ3n) is 3.58. The molecule has 1 N–H and O–H groups in total. The lowest BCUT2D eigenvalue weighted by molar-refractivity contribution is -0.115. The van der Waals surface area contributed by atoms with E-state index in [0.717, 1.165) is 0 Å². The second-order valence-electron chi connectivity index (χ2n) is 5.18. The number of amides is 1. The second kappa shape index (κ2) is 5.65. The first-order chi connectivity index (χ1) is 11.6. The van der Waals surface area contributed by atoms with Gasteiger partial charge in [-0.1, -0.05) is 23.7 Å². The molecule has 0 atom stereocenters. The Morgan fingerprint density at radius 2 is 2.00 bits per heavy atom. The molecule has 7 heteroatoms. The maximum absolute atomic E-state index is 13.3. The van der Waals surface area contributed by atoms with Crippen LogP contribution < -0.4 is 14.8 Å². The van der Waals surface area contributed by atoms with Crippen molar-refractivity contribution in [3.8, 4) is 11.5 Å². The number of benzene rings is 2. The lowest BCUT2D eigenvalue weighted by Gasteiger charge is -2.01. The summed E-state index contributed by atoms with van der Waals surface area (Å²) in [4.78, 5) is 16.3. The third kappa shape index (κ3) is 2.61. The number of halogens is 2. The number of hydrogen-bond donors (Lipinski definition) is 1. The summed E-state index contributed by atoms with van der Waals surface area (Å²) in [6, 6.07) is 9.15. The number of fused-ring (bicyclic) bond motifs is 1. The van der Waals surface area contributed by atoms with Crippen molar-refractivity contribution < 1.29 is 18.7 Å². The number of ether oxygens (including phenoxy) is 2. The van der Waals surface area contributed by atoms with Crippen LogP contribution in [-0.4, -0.2) is 18.5 Å². The quantitative estimate of drug-likeness (QED) is 0.851. The van der Waals surface area contributed by atoms with Crippen molar-refractivity contribution >= 4 is 29.4 Å². The largest absolute Gasteiger partial charge is 0.454 e. The van der Waals surface area contributed by atoms with Crippen molar-refractivity contribution in [2.45, 2.75) is 0 Å². The molecule has 0 radical (unpaired) electrons. The summed E-state index contributed by atoms with van der Waals surface area (Å²) >= 11 is 6.20. The topological polar surface area (TPSA) is 59.9 Å². The minimum Gasteiger partial charge on any atom is -0.454 e. The Hall–Kier alpha value is -2.86. The van der Waals surface area contributed by atoms with E-state index < -0.39 is 5.82 Å². The molecular weight excluding hydrogens is 335 g/mol. The van der Waals surface area contributed by atoms with E-state index in [-0.39, 0.29) is 18.4 Å². The number of hydrogen-bond acceptors (Lipinski definition) is 4. The lowest BCUT2D eigenvalue weighted by atomic mass is 10.1. The van der Waals surface area contributed by atoms with Crippen LogP contribution in [0.5, 0.6) is 11.5 Å². The SMILES string of the molecule is O=C1NC(c2cccc(F)c2)=NC1=Cc1cc2c(cc1Cl)OCO2. The Labute approximate surface area is 141 Å². The van der Waals surface area contributed by atoms with E-state index in [1.807, 2.05) is 0 Å². The zero-order chi connectivity index (χ0) is 16.7. The second-order valence-corrected chi connectivity index (χ2v) is 5.59. The number of nitrogens with zero attached hydrogens (tertiary/aromatic N) is 1. The van der Waals surface area contributed by atoms with Gasteiger partial charge in [-0.05, 0) is 29.8 Å². The van der Waals surface area contributed by atoms with Gasteiger partial charge in [0.2, 0.25) is 6.79 Å². The van der Waals surface area contributed by atoms with Gasteiger partial charge in [0, 0.05) is 11.6 Å². The van der Waals surface area contributed by atoms with Crippen molar-refractivity contribution in [1.29, 1.82) is 0 Å². The van der Waals surface area contributed by atoms with E-state index in [4.69, 9.17) is 21.1 Å². The summed E-state index contributed by atoms with van der Waals surface area (Å²) in [5.74, 6) is 0.618. The fourth-order valence-corrected chi connectivity index (χ4v) is 2.64. The molecule has 24 heavy (non-hydrogen) atoms. The van der Waals surface area contributed by atoms with E-state index in [2.05, 4.69) is 10.3 Å². The van der Waals surface area contributed by atoms with Crippen LogP contribution >= 0.6 is 11.6 Å². The summed E-state index contributed by atoms with van der Waals surface area (Å²) in [5.41, 5.74) is 1.24. The molecule has 0 saturated carbocycles. The first kappa shape index (κ1) is 14.7. The van der Waals surface area contributed by atoms with Crippen molar-refractivity contribution in [3.05, 3.63) is 64.1 Å². The van der Waals surface area contributed by atoms with Gasteiger partial charge in [0.15, 0.2) is 11.5 Å². The summed E-state index contributed by atoms with van der Waals surface area (Å²) in [6.07, 6.45) is 1.55. The van der Waals surface area contributed by atoms with Gasteiger partial charge in [0.05, 0.1) is 5.02 Å². The highest BCUT2D eigenvalue weighted by Gasteiger charge is 2.23. The van der Waals surface area contributed by atoms with Gasteiger partial charge in [0.1, 0.15) is 17.3 Å². The molecule has 0 bridgehead atoms. The summed E-state index contributed by atoms with van der Waals surface area (Å²) in [7, 11) is 0. The number of rotatable bonds is 2. The predicted octanol–water partition coefficient (Wildman–Crippen LogP) is 3.13. The fourth-order valence-electron chi connectivity index (χ4n) is 2.43. The Kier molecular flexibility index (Phi) is 3.46. The maximum Gasteiger partial charge on any atom is 0.275 e. The zero-order valence-corrected chi connectivity index (χ0v) is 12.9. The van der Waals surface area contributed by atoms with Crippen LogP contribution in [0.2, 0.25) is 5.02 Å². The number of carbonyl (C=O) groups excluding carboxylic acids is 1. The Morgan fingerprint density at radius 1 is 1.21 bits per heavy atom. The summed E-state index contributed by atoms with van der Waals surface area (Å²) < 4.78 is 23.9. The van der Waals surface area contributed by atoms with Gasteiger partial charge >= 0.3 is 0 Å². The van der Waals surface area contributed by atoms with Crippen LogP contribution in [0.4, 0.5) is 4.39 Å². The Balaban J connectivity index is 1.71. The van der Waals surface area contributed by atoms with E-state index in [0.29, 0.717) is 33.5 Å². The van der Waals surface area contributed by atoms with Gasteiger partial charge in [-0.2, -0.15) is 0 Å².